The molecule has 4 rings (SSSR count). The molecule has 2 aromatic rings. The van der Waals surface area contributed by atoms with Crippen LogP contribution in [0.25, 0.3) is 0 Å². The van der Waals surface area contributed by atoms with Gasteiger partial charge in [0.05, 0.1) is 23.1 Å². The summed E-state index contributed by atoms with van der Waals surface area (Å²) >= 11 is 0. The molecule has 0 radical (unpaired) electrons. The normalized spacial score (nSPS) is 18.2. The summed E-state index contributed by atoms with van der Waals surface area (Å²) in [5.41, 5.74) is 7.49. The van der Waals surface area contributed by atoms with E-state index in [0.29, 0.717) is 43.9 Å². The topological polar surface area (TPSA) is 117 Å². The molecule has 0 bridgehead atoms. The molecule has 2 aliphatic heterocycles. The van der Waals surface area contributed by atoms with Crippen LogP contribution < -0.4 is 10.6 Å². The van der Waals surface area contributed by atoms with Crippen molar-refractivity contribution in [3.05, 3.63) is 41.6 Å². The second-order valence-corrected chi connectivity index (χ2v) is 7.22. The number of fused-ring (bicyclic) bond motifs is 2. The molecule has 1 spiro atoms. The Hall–Kier alpha value is -2.94. The molecule has 2 aliphatic rings. The molecule has 1 saturated heterocycles. The number of carbonyl (C=O) groups excluding carboxylic acids is 2. The van der Waals surface area contributed by atoms with E-state index in [0.717, 1.165) is 17.8 Å². The van der Waals surface area contributed by atoms with E-state index >= 15 is 0 Å². The maximum atomic E-state index is 12.8. The van der Waals surface area contributed by atoms with Crippen molar-refractivity contribution in [3.63, 3.8) is 0 Å². The zero-order chi connectivity index (χ0) is 19.7. The van der Waals surface area contributed by atoms with Gasteiger partial charge in [-0.05, 0) is 25.0 Å². The summed E-state index contributed by atoms with van der Waals surface area (Å²) in [5.74, 6) is 0.0745. The number of anilines is 1. The maximum absolute atomic E-state index is 12.8. The summed E-state index contributed by atoms with van der Waals surface area (Å²) < 4.78 is 5.10. The average molecular weight is 384 g/mol. The van der Waals surface area contributed by atoms with E-state index < -0.39 is 11.4 Å². The summed E-state index contributed by atoms with van der Waals surface area (Å²) in [5, 5.41) is 0. The third-order valence-corrected chi connectivity index (χ3v) is 5.77. The van der Waals surface area contributed by atoms with Gasteiger partial charge in [0.2, 0.25) is 5.91 Å². The Labute approximate surface area is 162 Å². The first kappa shape index (κ1) is 18.4. The van der Waals surface area contributed by atoms with Crippen LogP contribution in [-0.2, 0) is 21.5 Å². The van der Waals surface area contributed by atoms with Gasteiger partial charge in [-0.15, -0.1) is 0 Å². The largest absolute Gasteiger partial charge is 0.375 e. The van der Waals surface area contributed by atoms with Crippen LogP contribution in [0, 0.1) is 0 Å². The molecular weight excluding hydrogens is 360 g/mol. The molecule has 0 unspecified atom stereocenters. The van der Waals surface area contributed by atoms with Crippen molar-refractivity contribution in [2.45, 2.75) is 24.8 Å². The van der Waals surface area contributed by atoms with Crippen molar-refractivity contribution in [1.29, 1.82) is 0 Å². The highest BCUT2D eigenvalue weighted by Crippen LogP contribution is 2.43. The van der Waals surface area contributed by atoms with Gasteiger partial charge in [-0.2, -0.15) is 0 Å². The zero-order valence-corrected chi connectivity index (χ0v) is 15.9. The number of hydrogen-bond acceptors (Lipinski definition) is 6. The van der Waals surface area contributed by atoms with Crippen LogP contribution in [0.4, 0.5) is 5.82 Å². The minimum absolute atomic E-state index is 0.0275. The van der Waals surface area contributed by atoms with Crippen molar-refractivity contribution in [1.82, 2.24) is 19.9 Å². The number of imidazole rings is 1. The van der Waals surface area contributed by atoms with Gasteiger partial charge in [0, 0.05) is 45.1 Å². The number of aromatic nitrogens is 3. The molecule has 9 heteroatoms. The number of primary amides is 1. The quantitative estimate of drug-likeness (QED) is 0.789. The maximum Gasteiger partial charge on any atom is 0.252 e. The lowest BCUT2D eigenvalue weighted by molar-refractivity contribution is -0.144. The molecule has 28 heavy (non-hydrogen) atoms. The number of aromatic amines is 1. The first-order chi connectivity index (χ1) is 13.6. The first-order valence-corrected chi connectivity index (χ1v) is 9.39. The summed E-state index contributed by atoms with van der Waals surface area (Å²) in [4.78, 5) is 40.7. The molecule has 0 aromatic carbocycles. The summed E-state index contributed by atoms with van der Waals surface area (Å²) in [6.07, 6.45) is 5.49. The molecule has 2 aromatic heterocycles. The number of H-pyrrole nitrogens is 1. The first-order valence-electron chi connectivity index (χ1n) is 9.39. The molecule has 2 amide bonds. The van der Waals surface area contributed by atoms with Crippen LogP contribution in [0.3, 0.4) is 0 Å². The fourth-order valence-corrected chi connectivity index (χ4v) is 4.48. The third kappa shape index (κ3) is 2.91. The van der Waals surface area contributed by atoms with Gasteiger partial charge in [-0.25, -0.2) is 9.97 Å². The predicted octanol–water partition coefficient (Wildman–Crippen LogP) is 0.430. The number of hydrogen-bond donors (Lipinski definition) is 2. The van der Waals surface area contributed by atoms with E-state index in [2.05, 4.69) is 19.9 Å². The highest BCUT2D eigenvalue weighted by atomic mass is 16.5. The van der Waals surface area contributed by atoms with Crippen molar-refractivity contribution >= 4 is 17.6 Å². The molecule has 1 fully saturated rings. The number of pyridine rings is 1. The van der Waals surface area contributed by atoms with E-state index in [1.54, 1.807) is 24.7 Å². The molecule has 0 aliphatic carbocycles. The van der Waals surface area contributed by atoms with Gasteiger partial charge in [-0.1, -0.05) is 0 Å². The lowest BCUT2D eigenvalue weighted by Crippen LogP contribution is -2.59. The van der Waals surface area contributed by atoms with Gasteiger partial charge in [0.15, 0.2) is 0 Å². The fraction of sp³-hybridized carbons (Fsp3) is 0.474. The van der Waals surface area contributed by atoms with Gasteiger partial charge in [0.1, 0.15) is 12.4 Å². The number of amides is 2. The fourth-order valence-electron chi connectivity index (χ4n) is 4.48. The van der Waals surface area contributed by atoms with Gasteiger partial charge < -0.3 is 25.3 Å². The Morgan fingerprint density at radius 2 is 2.07 bits per heavy atom. The monoisotopic (exact) mass is 384 g/mol. The Bertz CT molecular complexity index is 887. The molecule has 148 valence electrons. The molecular formula is C19H24N6O3. The Kier molecular flexibility index (Phi) is 4.76. The van der Waals surface area contributed by atoms with Crippen molar-refractivity contribution < 1.29 is 14.3 Å². The summed E-state index contributed by atoms with van der Waals surface area (Å²) in [6.45, 7) is 1.96. The highest BCUT2D eigenvalue weighted by molar-refractivity contribution is 5.97. The third-order valence-electron chi connectivity index (χ3n) is 5.77. The van der Waals surface area contributed by atoms with Crippen LogP contribution in [0.2, 0.25) is 0 Å². The summed E-state index contributed by atoms with van der Waals surface area (Å²) in [6, 6.07) is 3.40. The minimum Gasteiger partial charge on any atom is -0.375 e. The molecule has 9 nitrogen and oxygen atoms in total. The lowest BCUT2D eigenvalue weighted by atomic mass is 9.78. The van der Waals surface area contributed by atoms with Crippen molar-refractivity contribution in [2.75, 3.05) is 38.3 Å². The van der Waals surface area contributed by atoms with Gasteiger partial charge >= 0.3 is 0 Å². The Morgan fingerprint density at radius 1 is 1.29 bits per heavy atom. The van der Waals surface area contributed by atoms with Crippen molar-refractivity contribution in [3.8, 4) is 0 Å². The van der Waals surface area contributed by atoms with Crippen LogP contribution in [0.5, 0.6) is 0 Å². The van der Waals surface area contributed by atoms with E-state index in [9.17, 15) is 9.59 Å². The summed E-state index contributed by atoms with van der Waals surface area (Å²) in [7, 11) is 1.53. The highest BCUT2D eigenvalue weighted by Gasteiger charge is 2.48. The number of rotatable bonds is 4. The average Bonchev–Trinajstić information content (AvgIpc) is 3.19. The minimum atomic E-state index is -0.493. The molecule has 3 N–H and O–H groups in total. The number of nitrogens with zero attached hydrogens (tertiary/aromatic N) is 4. The number of nitrogens with two attached hydrogens (primary N) is 1. The second kappa shape index (κ2) is 7.23. The van der Waals surface area contributed by atoms with Crippen LogP contribution >= 0.6 is 0 Å². The molecule has 0 atom stereocenters. The molecule has 0 saturated carbocycles. The Balaban J connectivity index is 1.64. The number of piperidine rings is 1. The van der Waals surface area contributed by atoms with E-state index in [1.165, 1.54) is 7.11 Å². The SMILES string of the molecule is COCC(=O)N1CCc2[nH]cnc2C12CCN(c1ncccc1C(N)=O)CC2. The molecule has 4 heterocycles. The number of carbonyl (C=O) groups is 2. The lowest BCUT2D eigenvalue weighted by Gasteiger charge is -2.50. The van der Waals surface area contributed by atoms with Gasteiger partial charge in [0.25, 0.3) is 5.91 Å². The standard InChI is InChI=1S/C19H24N6O3/c1-28-11-15(26)25-8-4-14-16(23-12-22-14)19(25)5-9-24(10-6-19)18-13(17(20)27)3-2-7-21-18/h2-3,7,12H,4-6,8-11H2,1H3,(H2,20,27)(H,22,23). The number of nitrogens with one attached hydrogen (secondary N) is 1. The van der Waals surface area contributed by atoms with Crippen molar-refractivity contribution in [2.24, 2.45) is 5.73 Å². The van der Waals surface area contributed by atoms with Gasteiger partial charge in [-0.3, -0.25) is 9.59 Å². The van der Waals surface area contributed by atoms with E-state index in [1.807, 2.05) is 4.90 Å². The van der Waals surface area contributed by atoms with Crippen LogP contribution in [0.15, 0.2) is 24.7 Å². The predicted molar refractivity (Wildman–Crippen MR) is 102 cm³/mol. The second-order valence-electron chi connectivity index (χ2n) is 7.22. The van der Waals surface area contributed by atoms with E-state index in [4.69, 9.17) is 10.5 Å². The van der Waals surface area contributed by atoms with Crippen LogP contribution in [-0.4, -0.2) is 65.0 Å². The Morgan fingerprint density at radius 3 is 2.79 bits per heavy atom. The van der Waals surface area contributed by atoms with E-state index in [-0.39, 0.29) is 12.5 Å². The van der Waals surface area contributed by atoms with Crippen LogP contribution in [0.1, 0.15) is 34.6 Å². The number of methoxy groups -OCH3 is 1. The zero-order valence-electron chi connectivity index (χ0n) is 15.9. The number of ether oxygens (including phenoxy) is 1. The smallest absolute Gasteiger partial charge is 0.252 e.